The Morgan fingerprint density at radius 2 is 1.78 bits per heavy atom. The molecule has 150 valence electrons. The van der Waals surface area contributed by atoms with Gasteiger partial charge in [0.2, 0.25) is 5.91 Å². The molecule has 2 aliphatic heterocycles. The molecule has 2 saturated heterocycles. The van der Waals surface area contributed by atoms with Crippen molar-refractivity contribution in [3.8, 4) is 0 Å². The molecule has 1 atom stereocenters. The van der Waals surface area contributed by atoms with E-state index in [0.717, 1.165) is 24.9 Å². The molecule has 0 radical (unpaired) electrons. The van der Waals surface area contributed by atoms with Gasteiger partial charge in [0, 0.05) is 40.3 Å². The van der Waals surface area contributed by atoms with Crippen LogP contribution in [-0.4, -0.2) is 61.6 Å². The lowest BCUT2D eigenvalue weighted by molar-refractivity contribution is -0.146. The van der Waals surface area contributed by atoms with Gasteiger partial charge in [-0.15, -0.1) is 0 Å². The molecule has 1 unspecified atom stereocenters. The number of hydrogen-bond acceptors (Lipinski definition) is 3. The summed E-state index contributed by atoms with van der Waals surface area (Å²) in [4.78, 5) is 15.2. The van der Waals surface area contributed by atoms with E-state index in [1.165, 1.54) is 28.3 Å². The third-order valence-corrected chi connectivity index (χ3v) is 7.84. The van der Waals surface area contributed by atoms with E-state index in [1.54, 1.807) is 0 Å². The lowest BCUT2D eigenvalue weighted by Crippen LogP contribution is -2.50. The van der Waals surface area contributed by atoms with E-state index in [2.05, 4.69) is 38.1 Å². The van der Waals surface area contributed by atoms with Gasteiger partial charge in [-0.3, -0.25) is 4.79 Å². The van der Waals surface area contributed by atoms with Gasteiger partial charge in [0.15, 0.2) is 0 Å². The van der Waals surface area contributed by atoms with Crippen molar-refractivity contribution in [2.45, 2.75) is 45.6 Å². The van der Waals surface area contributed by atoms with E-state index in [9.17, 15) is 13.2 Å². The fourth-order valence-corrected chi connectivity index (χ4v) is 5.37. The van der Waals surface area contributed by atoms with Crippen molar-refractivity contribution in [3.63, 3.8) is 0 Å². The number of benzene rings is 1. The number of piperidine rings is 1. The molecule has 2 heterocycles. The number of likely N-dealkylation sites (tertiary alicyclic amines) is 1. The maximum atomic E-state index is 13.3. The molecule has 1 aromatic rings. The van der Waals surface area contributed by atoms with Crippen LogP contribution in [-0.2, 0) is 21.5 Å². The van der Waals surface area contributed by atoms with Crippen LogP contribution in [0, 0.1) is 5.41 Å². The minimum atomic E-state index is -3.47. The van der Waals surface area contributed by atoms with Crippen molar-refractivity contribution in [1.29, 1.82) is 0 Å². The third kappa shape index (κ3) is 3.91. The molecule has 1 amide bonds. The van der Waals surface area contributed by atoms with Crippen molar-refractivity contribution >= 4 is 16.1 Å². The summed E-state index contributed by atoms with van der Waals surface area (Å²) in [5.74, 6) is 0.597. The molecular formula is C20H31N3O3S. The van der Waals surface area contributed by atoms with Crippen molar-refractivity contribution in [3.05, 3.63) is 35.4 Å². The number of amides is 1. The van der Waals surface area contributed by atoms with Gasteiger partial charge in [0.1, 0.15) is 0 Å². The smallest absolute Gasteiger partial charge is 0.281 e. The van der Waals surface area contributed by atoms with Crippen molar-refractivity contribution in [1.82, 2.24) is 13.5 Å². The van der Waals surface area contributed by atoms with Crippen molar-refractivity contribution < 1.29 is 13.2 Å². The fraction of sp³-hybridized carbons (Fsp3) is 0.650. The summed E-state index contributed by atoms with van der Waals surface area (Å²) in [6, 6.07) is 8.46. The summed E-state index contributed by atoms with van der Waals surface area (Å²) < 4.78 is 27.6. The molecule has 7 heteroatoms. The Balaban J connectivity index is 1.73. The third-order valence-electron chi connectivity index (χ3n) is 5.95. The predicted octanol–water partition coefficient (Wildman–Crippen LogP) is 2.43. The Morgan fingerprint density at radius 1 is 1.11 bits per heavy atom. The topological polar surface area (TPSA) is 60.9 Å². The molecule has 0 saturated carbocycles. The Kier molecular flexibility index (Phi) is 5.66. The summed E-state index contributed by atoms with van der Waals surface area (Å²) in [7, 11) is -0.393. The lowest BCUT2D eigenvalue weighted by Gasteiger charge is -2.39. The largest absolute Gasteiger partial charge is 0.338 e. The normalized spacial score (nSPS) is 24.5. The maximum Gasteiger partial charge on any atom is 0.281 e. The van der Waals surface area contributed by atoms with Crippen LogP contribution < -0.4 is 0 Å². The monoisotopic (exact) mass is 393 g/mol. The molecule has 2 fully saturated rings. The quantitative estimate of drug-likeness (QED) is 0.772. The molecule has 0 N–H and O–H groups in total. The Labute approximate surface area is 163 Å². The highest BCUT2D eigenvalue weighted by Crippen LogP contribution is 2.41. The van der Waals surface area contributed by atoms with E-state index < -0.39 is 15.6 Å². The average Bonchev–Trinajstić information content (AvgIpc) is 3.05. The molecule has 27 heavy (non-hydrogen) atoms. The molecule has 6 nitrogen and oxygen atoms in total. The fourth-order valence-electron chi connectivity index (χ4n) is 4.17. The highest BCUT2D eigenvalue weighted by Gasteiger charge is 2.51. The van der Waals surface area contributed by atoms with Gasteiger partial charge < -0.3 is 4.90 Å². The van der Waals surface area contributed by atoms with E-state index in [1.807, 2.05) is 4.90 Å². The first kappa shape index (κ1) is 20.3. The summed E-state index contributed by atoms with van der Waals surface area (Å²) in [6.45, 7) is 6.39. The van der Waals surface area contributed by atoms with Gasteiger partial charge in [-0.05, 0) is 36.3 Å². The van der Waals surface area contributed by atoms with Gasteiger partial charge in [-0.25, -0.2) is 0 Å². The van der Waals surface area contributed by atoms with Gasteiger partial charge >= 0.3 is 0 Å². The van der Waals surface area contributed by atoms with Gasteiger partial charge in [-0.2, -0.15) is 17.0 Å². The Hall–Kier alpha value is -1.44. The molecule has 2 aliphatic rings. The molecule has 0 aliphatic carbocycles. The van der Waals surface area contributed by atoms with E-state index in [-0.39, 0.29) is 5.91 Å². The van der Waals surface area contributed by atoms with Crippen LogP contribution in [0.25, 0.3) is 0 Å². The number of carbonyl (C=O) groups excluding carboxylic acids is 1. The van der Waals surface area contributed by atoms with Crippen LogP contribution >= 0.6 is 0 Å². The van der Waals surface area contributed by atoms with Crippen molar-refractivity contribution in [2.75, 3.05) is 33.7 Å². The zero-order chi connectivity index (χ0) is 19.8. The summed E-state index contributed by atoms with van der Waals surface area (Å²) in [5, 5.41) is 0. The van der Waals surface area contributed by atoms with Crippen LogP contribution in [0.2, 0.25) is 0 Å². The van der Waals surface area contributed by atoms with Crippen molar-refractivity contribution in [2.24, 2.45) is 5.41 Å². The SMILES string of the molecule is CC(C)c1ccc(CN2CCCC3(CCN(S(=O)(=O)N(C)C)C3)C2=O)cc1. The first-order valence-electron chi connectivity index (χ1n) is 9.71. The van der Waals surface area contributed by atoms with Crippen LogP contribution in [0.15, 0.2) is 24.3 Å². The minimum Gasteiger partial charge on any atom is -0.338 e. The Morgan fingerprint density at radius 3 is 2.37 bits per heavy atom. The van der Waals surface area contributed by atoms with E-state index in [0.29, 0.717) is 32.0 Å². The summed E-state index contributed by atoms with van der Waals surface area (Å²) in [5.41, 5.74) is 1.86. The van der Waals surface area contributed by atoms with Crippen LogP contribution in [0.3, 0.4) is 0 Å². The zero-order valence-electron chi connectivity index (χ0n) is 16.8. The first-order valence-corrected chi connectivity index (χ1v) is 11.1. The summed E-state index contributed by atoms with van der Waals surface area (Å²) >= 11 is 0. The standard InChI is InChI=1S/C20H31N3O3S/c1-16(2)18-8-6-17(7-9-18)14-22-12-5-10-20(19(22)24)11-13-23(15-20)27(25,26)21(3)4/h6-9,16H,5,10-15H2,1-4H3. The Bertz CT molecular complexity index is 789. The van der Waals surface area contributed by atoms with Crippen LogP contribution in [0.4, 0.5) is 0 Å². The van der Waals surface area contributed by atoms with E-state index in [4.69, 9.17) is 0 Å². The van der Waals surface area contributed by atoms with Crippen LogP contribution in [0.5, 0.6) is 0 Å². The lowest BCUT2D eigenvalue weighted by atomic mass is 9.78. The second kappa shape index (κ2) is 7.53. The molecule has 0 bridgehead atoms. The van der Waals surface area contributed by atoms with Crippen LogP contribution in [0.1, 0.15) is 50.2 Å². The van der Waals surface area contributed by atoms with Gasteiger partial charge in [0.05, 0.1) is 5.41 Å². The zero-order valence-corrected chi connectivity index (χ0v) is 17.6. The average molecular weight is 394 g/mol. The molecule has 1 aromatic carbocycles. The highest BCUT2D eigenvalue weighted by molar-refractivity contribution is 7.86. The highest BCUT2D eigenvalue weighted by atomic mass is 32.2. The van der Waals surface area contributed by atoms with Gasteiger partial charge in [0.25, 0.3) is 10.2 Å². The second-order valence-corrected chi connectivity index (χ2v) is 10.5. The first-order chi connectivity index (χ1) is 12.7. The maximum absolute atomic E-state index is 13.3. The number of nitrogens with zero attached hydrogens (tertiary/aromatic N) is 3. The molecule has 1 spiro atoms. The summed E-state index contributed by atoms with van der Waals surface area (Å²) in [6.07, 6.45) is 2.31. The number of hydrogen-bond donors (Lipinski definition) is 0. The minimum absolute atomic E-state index is 0.109. The van der Waals surface area contributed by atoms with Gasteiger partial charge in [-0.1, -0.05) is 38.1 Å². The molecule has 0 aromatic heterocycles. The molecular weight excluding hydrogens is 362 g/mol. The molecule has 3 rings (SSSR count). The number of rotatable bonds is 5. The predicted molar refractivity (Wildman–Crippen MR) is 106 cm³/mol. The van der Waals surface area contributed by atoms with E-state index >= 15 is 0 Å². The number of carbonyl (C=O) groups is 1. The second-order valence-electron chi connectivity index (χ2n) is 8.38.